The summed E-state index contributed by atoms with van der Waals surface area (Å²) < 4.78 is 19.4. The van der Waals surface area contributed by atoms with Gasteiger partial charge in [0.05, 0.1) is 31.0 Å². The minimum atomic E-state index is -1.08. The van der Waals surface area contributed by atoms with Gasteiger partial charge in [-0.25, -0.2) is 14.2 Å². The molecule has 2 heterocycles. The zero-order valence-corrected chi connectivity index (χ0v) is 20.8. The maximum absolute atomic E-state index is 14.2. The van der Waals surface area contributed by atoms with Gasteiger partial charge in [0.2, 0.25) is 5.91 Å². The lowest BCUT2D eigenvalue weighted by Gasteiger charge is -2.27. The van der Waals surface area contributed by atoms with Gasteiger partial charge in [-0.2, -0.15) is 0 Å². The van der Waals surface area contributed by atoms with E-state index in [1.165, 1.54) is 17.4 Å². The van der Waals surface area contributed by atoms with E-state index in [1.54, 1.807) is 37.3 Å². The first-order valence-electron chi connectivity index (χ1n) is 11.5. The molecule has 1 amide bonds. The molecule has 3 aromatic rings. The number of carbonyl (C=O) groups excluding carboxylic acids is 1. The van der Waals surface area contributed by atoms with Gasteiger partial charge in [-0.05, 0) is 63.3 Å². The van der Waals surface area contributed by atoms with Crippen LogP contribution < -0.4 is 4.74 Å². The first kappa shape index (κ1) is 24.8. The maximum Gasteiger partial charge on any atom is 0.355 e. The number of halogens is 1. The van der Waals surface area contributed by atoms with Crippen LogP contribution in [0.5, 0.6) is 5.75 Å². The summed E-state index contributed by atoms with van der Waals surface area (Å²) >= 11 is 1.28. The van der Waals surface area contributed by atoms with E-state index in [0.717, 1.165) is 5.56 Å². The van der Waals surface area contributed by atoms with Gasteiger partial charge in [-0.15, -0.1) is 11.3 Å². The Morgan fingerprint density at radius 1 is 1.23 bits per heavy atom. The van der Waals surface area contributed by atoms with Gasteiger partial charge in [0.1, 0.15) is 16.6 Å². The fraction of sp³-hybridized carbons (Fsp3) is 0.385. The van der Waals surface area contributed by atoms with Gasteiger partial charge in [0.15, 0.2) is 5.69 Å². The number of pyridine rings is 1. The first-order valence-corrected chi connectivity index (χ1v) is 12.3. The van der Waals surface area contributed by atoms with Crippen LogP contribution in [0.2, 0.25) is 0 Å². The van der Waals surface area contributed by atoms with E-state index in [1.807, 2.05) is 19.1 Å². The standard InChI is InChI=1S/C26H28FN3O4S/c1-16-6-8-20(27)18(13-16)5-4-12-30(15-22-29-23(24(31)32)17(2)35-22)25(33)26(10-11-26)21-9-7-19(34-3)14-28-21/h6-9,13-14H,4-5,10-12,15H2,1-3H3,(H,31,32). The van der Waals surface area contributed by atoms with E-state index < -0.39 is 11.4 Å². The first-order chi connectivity index (χ1) is 16.7. The molecule has 0 unspecified atom stereocenters. The fourth-order valence-corrected chi connectivity index (χ4v) is 5.22. The second kappa shape index (κ2) is 10.1. The Morgan fingerprint density at radius 3 is 2.60 bits per heavy atom. The lowest BCUT2D eigenvalue weighted by Crippen LogP contribution is -2.40. The molecule has 1 fully saturated rings. The van der Waals surface area contributed by atoms with Crippen molar-refractivity contribution in [3.05, 3.63) is 74.7 Å². The molecule has 1 N–H and O–H groups in total. The Hall–Kier alpha value is -3.33. The monoisotopic (exact) mass is 497 g/mol. The highest BCUT2D eigenvalue weighted by Gasteiger charge is 2.54. The lowest BCUT2D eigenvalue weighted by atomic mass is 9.99. The average Bonchev–Trinajstić information content (AvgIpc) is 3.57. The van der Waals surface area contributed by atoms with Crippen LogP contribution >= 0.6 is 11.3 Å². The number of rotatable bonds is 10. The molecule has 9 heteroatoms. The zero-order valence-electron chi connectivity index (χ0n) is 20.0. The summed E-state index contributed by atoms with van der Waals surface area (Å²) in [5.74, 6) is -0.784. The van der Waals surface area contributed by atoms with Crippen LogP contribution in [0.15, 0.2) is 36.5 Å². The molecule has 0 spiro atoms. The number of hydrogen-bond acceptors (Lipinski definition) is 6. The van der Waals surface area contributed by atoms with Crippen LogP contribution in [0.25, 0.3) is 0 Å². The summed E-state index contributed by atoms with van der Waals surface area (Å²) in [7, 11) is 1.56. The minimum Gasteiger partial charge on any atom is -0.495 e. The SMILES string of the molecule is COc1ccc(C2(C(=O)N(CCCc3cc(C)ccc3F)Cc3nc(C(=O)O)c(C)s3)CC2)nc1. The smallest absolute Gasteiger partial charge is 0.355 e. The molecule has 1 aromatic carbocycles. The Labute approximate surface area is 207 Å². The molecule has 0 radical (unpaired) electrons. The highest BCUT2D eigenvalue weighted by molar-refractivity contribution is 7.11. The second-order valence-corrected chi connectivity index (χ2v) is 10.2. The third-order valence-corrected chi connectivity index (χ3v) is 7.31. The van der Waals surface area contributed by atoms with Crippen molar-refractivity contribution in [2.45, 2.75) is 51.5 Å². The molecule has 0 aliphatic heterocycles. The normalized spacial score (nSPS) is 13.9. The summed E-state index contributed by atoms with van der Waals surface area (Å²) in [5, 5.41) is 9.94. The number of carboxylic acid groups (broad SMARTS) is 1. The van der Waals surface area contributed by atoms with Crippen LogP contribution in [0.3, 0.4) is 0 Å². The van der Waals surface area contributed by atoms with E-state index in [4.69, 9.17) is 4.74 Å². The number of aromatic carboxylic acids is 1. The number of hydrogen-bond donors (Lipinski definition) is 1. The van der Waals surface area contributed by atoms with Crippen LogP contribution in [0.4, 0.5) is 4.39 Å². The minimum absolute atomic E-state index is 0.0113. The number of carboxylic acids is 1. The van der Waals surface area contributed by atoms with E-state index in [9.17, 15) is 19.1 Å². The molecule has 1 saturated carbocycles. The zero-order chi connectivity index (χ0) is 25.2. The van der Waals surface area contributed by atoms with Gasteiger partial charge in [-0.3, -0.25) is 9.78 Å². The quantitative estimate of drug-likeness (QED) is 0.437. The Morgan fingerprint density at radius 2 is 2.00 bits per heavy atom. The van der Waals surface area contributed by atoms with Crippen molar-refractivity contribution >= 4 is 23.2 Å². The van der Waals surface area contributed by atoms with Gasteiger partial charge < -0.3 is 14.7 Å². The molecule has 184 valence electrons. The number of aromatic nitrogens is 2. The number of thiazole rings is 1. The number of nitrogens with zero attached hydrogens (tertiary/aromatic N) is 3. The van der Waals surface area contributed by atoms with Gasteiger partial charge >= 0.3 is 5.97 Å². The van der Waals surface area contributed by atoms with Crippen LogP contribution in [0.1, 0.15) is 56.5 Å². The molecular weight excluding hydrogens is 469 g/mol. The van der Waals surface area contributed by atoms with Crippen molar-refractivity contribution in [3.63, 3.8) is 0 Å². The number of ether oxygens (including phenoxy) is 1. The van der Waals surface area contributed by atoms with Gasteiger partial charge in [0, 0.05) is 11.4 Å². The van der Waals surface area contributed by atoms with E-state index in [2.05, 4.69) is 9.97 Å². The van der Waals surface area contributed by atoms with Crippen LogP contribution in [-0.4, -0.2) is 45.5 Å². The molecule has 2 aromatic heterocycles. The number of benzene rings is 1. The van der Waals surface area contributed by atoms with Gasteiger partial charge in [0.25, 0.3) is 0 Å². The van der Waals surface area contributed by atoms with E-state index in [-0.39, 0.29) is 24.0 Å². The third kappa shape index (κ3) is 5.35. The maximum atomic E-state index is 14.2. The summed E-state index contributed by atoms with van der Waals surface area (Å²) in [5.41, 5.74) is 1.60. The number of carbonyl (C=O) groups is 2. The highest BCUT2D eigenvalue weighted by atomic mass is 32.1. The topological polar surface area (TPSA) is 92.6 Å². The predicted molar refractivity (Wildman–Crippen MR) is 130 cm³/mol. The molecule has 7 nitrogen and oxygen atoms in total. The van der Waals surface area contributed by atoms with Crippen LogP contribution in [-0.2, 0) is 23.2 Å². The lowest BCUT2D eigenvalue weighted by molar-refractivity contribution is -0.134. The Kier molecular flexibility index (Phi) is 7.16. The Bertz CT molecular complexity index is 1240. The third-order valence-electron chi connectivity index (χ3n) is 6.35. The van der Waals surface area contributed by atoms with Gasteiger partial charge in [-0.1, -0.05) is 17.7 Å². The molecular formula is C26H28FN3O4S. The van der Waals surface area contributed by atoms with Crippen molar-refractivity contribution in [3.8, 4) is 5.75 Å². The predicted octanol–water partition coefficient (Wildman–Crippen LogP) is 4.69. The fourth-order valence-electron chi connectivity index (χ4n) is 4.28. The van der Waals surface area contributed by atoms with Crippen molar-refractivity contribution in [1.82, 2.24) is 14.9 Å². The van der Waals surface area contributed by atoms with Crippen molar-refractivity contribution in [2.24, 2.45) is 0 Å². The van der Waals surface area contributed by atoms with Crippen molar-refractivity contribution in [1.29, 1.82) is 0 Å². The molecule has 0 bridgehead atoms. The number of amides is 1. The molecule has 1 aliphatic carbocycles. The molecule has 4 rings (SSSR count). The molecule has 0 saturated heterocycles. The second-order valence-electron chi connectivity index (χ2n) is 8.91. The largest absolute Gasteiger partial charge is 0.495 e. The van der Waals surface area contributed by atoms with E-state index in [0.29, 0.717) is 59.1 Å². The van der Waals surface area contributed by atoms with Crippen molar-refractivity contribution in [2.75, 3.05) is 13.7 Å². The highest BCUT2D eigenvalue weighted by Crippen LogP contribution is 2.49. The van der Waals surface area contributed by atoms with E-state index >= 15 is 0 Å². The average molecular weight is 498 g/mol. The molecule has 35 heavy (non-hydrogen) atoms. The van der Waals surface area contributed by atoms with Crippen LogP contribution in [0, 0.1) is 19.7 Å². The molecule has 1 aliphatic rings. The Balaban J connectivity index is 1.56. The summed E-state index contributed by atoms with van der Waals surface area (Å²) in [6.07, 6.45) is 4.03. The molecule has 0 atom stereocenters. The van der Waals surface area contributed by atoms with Crippen molar-refractivity contribution < 1.29 is 23.8 Å². The number of methoxy groups -OCH3 is 1. The summed E-state index contributed by atoms with van der Waals surface area (Å²) in [6.45, 7) is 4.22. The summed E-state index contributed by atoms with van der Waals surface area (Å²) in [6, 6.07) is 8.64. The summed E-state index contributed by atoms with van der Waals surface area (Å²) in [4.78, 5) is 36.3. The number of aryl methyl sites for hydroxylation is 3.